The number of nitrogens with one attached hydrogen (secondary N) is 1. The molecule has 0 fully saturated rings. The van der Waals surface area contributed by atoms with Crippen LogP contribution in [0.15, 0.2) is 6.07 Å². The van der Waals surface area contributed by atoms with Crippen LogP contribution in [0.1, 0.15) is 18.4 Å². The number of aromatic nitrogens is 2. The quantitative estimate of drug-likeness (QED) is 0.462. The number of aliphatic hydroxyl groups is 1. The van der Waals surface area contributed by atoms with Crippen molar-refractivity contribution < 1.29 is 5.11 Å². The number of aliphatic hydroxyl groups excluding tert-OH is 1. The highest BCUT2D eigenvalue weighted by atomic mass is 16.3. The average molecular weight is 225 g/mol. The van der Waals surface area contributed by atoms with E-state index in [1.54, 1.807) is 6.07 Å². The number of hydrogen-bond acceptors (Lipinski definition) is 6. The van der Waals surface area contributed by atoms with E-state index in [2.05, 4.69) is 20.3 Å². The second-order valence-electron chi connectivity index (χ2n) is 3.55. The van der Waals surface area contributed by atoms with Crippen LogP contribution in [0.25, 0.3) is 0 Å². The van der Waals surface area contributed by atoms with Crippen LogP contribution < -0.4 is 11.3 Å². The summed E-state index contributed by atoms with van der Waals surface area (Å²) in [5.74, 6) is 6.64. The molecule has 1 rings (SSSR count). The van der Waals surface area contributed by atoms with Gasteiger partial charge < -0.3 is 10.5 Å². The predicted molar refractivity (Wildman–Crippen MR) is 62.6 cm³/mol. The molecule has 1 aromatic rings. The van der Waals surface area contributed by atoms with Crippen LogP contribution in [0, 0.1) is 6.92 Å². The number of aryl methyl sites for hydroxylation is 1. The van der Waals surface area contributed by atoms with Gasteiger partial charge in [-0.2, -0.15) is 0 Å². The summed E-state index contributed by atoms with van der Waals surface area (Å²) in [6.45, 7) is 6.17. The van der Waals surface area contributed by atoms with Gasteiger partial charge >= 0.3 is 0 Å². The Kier molecular flexibility index (Phi) is 5.10. The van der Waals surface area contributed by atoms with Gasteiger partial charge in [0.05, 0.1) is 13.2 Å². The standard InChI is InChI=1S/C10H19N5O/c1-3-15(4-5-16)7-10-12-8(2)6-9(13-10)14-11/h6,16H,3-5,7,11H2,1-2H3,(H,12,13,14). The molecule has 90 valence electrons. The molecule has 0 unspecified atom stereocenters. The minimum atomic E-state index is 0.141. The van der Waals surface area contributed by atoms with Gasteiger partial charge in [-0.1, -0.05) is 6.92 Å². The van der Waals surface area contributed by atoms with Crippen molar-refractivity contribution in [2.24, 2.45) is 5.84 Å². The molecular weight excluding hydrogens is 206 g/mol. The Balaban J connectivity index is 2.74. The third-order valence-electron chi connectivity index (χ3n) is 2.28. The average Bonchev–Trinajstić information content (AvgIpc) is 2.27. The molecule has 0 bridgehead atoms. The fourth-order valence-electron chi connectivity index (χ4n) is 1.47. The summed E-state index contributed by atoms with van der Waals surface area (Å²) in [6, 6.07) is 1.78. The lowest BCUT2D eigenvalue weighted by atomic mass is 10.4. The molecular formula is C10H19N5O. The molecule has 0 aliphatic rings. The summed E-state index contributed by atoms with van der Waals surface area (Å²) >= 11 is 0. The lowest BCUT2D eigenvalue weighted by Crippen LogP contribution is -2.27. The zero-order valence-corrected chi connectivity index (χ0v) is 9.77. The molecule has 0 spiro atoms. The maximum atomic E-state index is 8.89. The van der Waals surface area contributed by atoms with Crippen molar-refractivity contribution in [3.8, 4) is 0 Å². The largest absolute Gasteiger partial charge is 0.395 e. The Bertz CT molecular complexity index is 331. The summed E-state index contributed by atoms with van der Waals surface area (Å²) in [5.41, 5.74) is 3.39. The summed E-state index contributed by atoms with van der Waals surface area (Å²) in [7, 11) is 0. The van der Waals surface area contributed by atoms with Gasteiger partial charge in [-0.3, -0.25) is 4.90 Å². The molecule has 1 aromatic heterocycles. The molecule has 0 aliphatic carbocycles. The van der Waals surface area contributed by atoms with Crippen molar-refractivity contribution in [2.75, 3.05) is 25.1 Å². The van der Waals surface area contributed by atoms with Gasteiger partial charge in [0.15, 0.2) is 0 Å². The molecule has 0 atom stereocenters. The molecule has 0 saturated heterocycles. The van der Waals surface area contributed by atoms with Crippen molar-refractivity contribution in [3.05, 3.63) is 17.6 Å². The third-order valence-corrected chi connectivity index (χ3v) is 2.28. The predicted octanol–water partition coefficient (Wildman–Crippen LogP) is -0.115. The van der Waals surface area contributed by atoms with Crippen LogP contribution in [0.4, 0.5) is 5.82 Å². The molecule has 6 nitrogen and oxygen atoms in total. The molecule has 0 saturated carbocycles. The zero-order chi connectivity index (χ0) is 12.0. The van der Waals surface area contributed by atoms with Crippen molar-refractivity contribution >= 4 is 5.82 Å². The number of hydrogen-bond donors (Lipinski definition) is 3. The molecule has 0 amide bonds. The lowest BCUT2D eigenvalue weighted by Gasteiger charge is -2.18. The van der Waals surface area contributed by atoms with E-state index in [1.165, 1.54) is 0 Å². The Hall–Kier alpha value is -1.24. The van der Waals surface area contributed by atoms with Gasteiger partial charge in [0.2, 0.25) is 0 Å². The summed E-state index contributed by atoms with van der Waals surface area (Å²) in [4.78, 5) is 10.6. The molecule has 4 N–H and O–H groups in total. The Morgan fingerprint density at radius 1 is 1.50 bits per heavy atom. The highest BCUT2D eigenvalue weighted by Gasteiger charge is 2.07. The second-order valence-corrected chi connectivity index (χ2v) is 3.55. The molecule has 6 heteroatoms. The van der Waals surface area contributed by atoms with Crippen molar-refractivity contribution in [1.29, 1.82) is 0 Å². The van der Waals surface area contributed by atoms with Gasteiger partial charge in [0, 0.05) is 18.3 Å². The van der Waals surface area contributed by atoms with E-state index in [-0.39, 0.29) is 6.61 Å². The first-order valence-electron chi connectivity index (χ1n) is 5.34. The number of nitrogens with zero attached hydrogens (tertiary/aromatic N) is 3. The van der Waals surface area contributed by atoms with Crippen LogP contribution in [0.5, 0.6) is 0 Å². The van der Waals surface area contributed by atoms with E-state index in [0.29, 0.717) is 24.7 Å². The van der Waals surface area contributed by atoms with Gasteiger partial charge in [-0.05, 0) is 13.5 Å². The number of hydrazine groups is 1. The smallest absolute Gasteiger partial charge is 0.145 e. The topological polar surface area (TPSA) is 87.3 Å². The number of rotatable bonds is 6. The first kappa shape index (κ1) is 12.8. The van der Waals surface area contributed by atoms with E-state index >= 15 is 0 Å². The lowest BCUT2D eigenvalue weighted by molar-refractivity contribution is 0.194. The van der Waals surface area contributed by atoms with E-state index in [9.17, 15) is 0 Å². The summed E-state index contributed by atoms with van der Waals surface area (Å²) in [6.07, 6.45) is 0. The highest BCUT2D eigenvalue weighted by molar-refractivity contribution is 5.33. The van der Waals surface area contributed by atoms with Crippen LogP contribution in [-0.4, -0.2) is 39.7 Å². The van der Waals surface area contributed by atoms with Gasteiger partial charge in [-0.25, -0.2) is 15.8 Å². The first-order chi connectivity index (χ1) is 7.69. The highest BCUT2D eigenvalue weighted by Crippen LogP contribution is 2.06. The molecule has 16 heavy (non-hydrogen) atoms. The fraction of sp³-hybridized carbons (Fsp3) is 0.600. The third kappa shape index (κ3) is 3.73. The molecule has 0 aliphatic heterocycles. The Morgan fingerprint density at radius 3 is 2.81 bits per heavy atom. The van der Waals surface area contributed by atoms with Crippen molar-refractivity contribution in [2.45, 2.75) is 20.4 Å². The van der Waals surface area contributed by atoms with Crippen molar-refractivity contribution in [3.63, 3.8) is 0 Å². The summed E-state index contributed by atoms with van der Waals surface area (Å²) in [5, 5.41) is 8.89. The number of likely N-dealkylation sites (N-methyl/N-ethyl adjacent to an activating group) is 1. The maximum Gasteiger partial charge on any atom is 0.145 e. The number of anilines is 1. The zero-order valence-electron chi connectivity index (χ0n) is 9.77. The van der Waals surface area contributed by atoms with Gasteiger partial charge in [0.25, 0.3) is 0 Å². The molecule has 0 radical (unpaired) electrons. The van der Waals surface area contributed by atoms with Gasteiger partial charge in [0.1, 0.15) is 11.6 Å². The number of nitrogens with two attached hydrogens (primary N) is 1. The van der Waals surface area contributed by atoms with Crippen molar-refractivity contribution in [1.82, 2.24) is 14.9 Å². The fourth-order valence-corrected chi connectivity index (χ4v) is 1.47. The van der Waals surface area contributed by atoms with E-state index in [1.807, 2.05) is 13.8 Å². The Morgan fingerprint density at radius 2 is 2.25 bits per heavy atom. The molecule has 0 aromatic carbocycles. The van der Waals surface area contributed by atoms with Gasteiger partial charge in [-0.15, -0.1) is 0 Å². The molecule has 1 heterocycles. The van der Waals surface area contributed by atoms with Crippen LogP contribution in [-0.2, 0) is 6.54 Å². The monoisotopic (exact) mass is 225 g/mol. The first-order valence-corrected chi connectivity index (χ1v) is 5.34. The minimum absolute atomic E-state index is 0.141. The SMILES string of the molecule is CCN(CCO)Cc1nc(C)cc(NN)n1. The van der Waals surface area contributed by atoms with Crippen LogP contribution in [0.2, 0.25) is 0 Å². The summed E-state index contributed by atoms with van der Waals surface area (Å²) < 4.78 is 0. The number of nitrogen functional groups attached to an aromatic ring is 1. The second kappa shape index (κ2) is 6.37. The van der Waals surface area contributed by atoms with E-state index in [0.717, 1.165) is 12.2 Å². The minimum Gasteiger partial charge on any atom is -0.395 e. The Labute approximate surface area is 95.5 Å². The van der Waals surface area contributed by atoms with Crippen LogP contribution in [0.3, 0.4) is 0 Å². The maximum absolute atomic E-state index is 8.89. The normalized spacial score (nSPS) is 10.8. The van der Waals surface area contributed by atoms with Crippen LogP contribution >= 0.6 is 0 Å². The van der Waals surface area contributed by atoms with E-state index < -0.39 is 0 Å². The van der Waals surface area contributed by atoms with E-state index in [4.69, 9.17) is 10.9 Å².